The summed E-state index contributed by atoms with van der Waals surface area (Å²) in [6, 6.07) is 8.92. The molecule has 19 heavy (non-hydrogen) atoms. The maximum Gasteiger partial charge on any atom is 0.233 e. The van der Waals surface area contributed by atoms with E-state index in [1.165, 1.54) is 11.3 Å². The molecule has 0 aromatic heterocycles. The van der Waals surface area contributed by atoms with Crippen molar-refractivity contribution >= 4 is 11.6 Å². The van der Waals surface area contributed by atoms with Crippen LogP contribution in [0.4, 0.5) is 5.69 Å². The molecule has 4 nitrogen and oxygen atoms in total. The van der Waals surface area contributed by atoms with Crippen LogP contribution in [0.5, 0.6) is 0 Å². The highest BCUT2D eigenvalue weighted by atomic mass is 16.2. The molecule has 1 aromatic carbocycles. The van der Waals surface area contributed by atoms with E-state index < -0.39 is 0 Å². The second-order valence-electron chi connectivity index (χ2n) is 5.55. The van der Waals surface area contributed by atoms with Crippen LogP contribution in [0.15, 0.2) is 24.3 Å². The summed E-state index contributed by atoms with van der Waals surface area (Å²) in [6.07, 6.45) is 2.44. The van der Waals surface area contributed by atoms with E-state index in [4.69, 9.17) is 5.84 Å². The molecule has 1 aliphatic heterocycles. The van der Waals surface area contributed by atoms with Crippen molar-refractivity contribution < 1.29 is 4.79 Å². The van der Waals surface area contributed by atoms with E-state index in [0.717, 1.165) is 19.4 Å². The minimum Gasteiger partial charge on any atom is -0.368 e. The number of fused-ring (bicyclic) bond motifs is 1. The van der Waals surface area contributed by atoms with Gasteiger partial charge < -0.3 is 4.90 Å². The van der Waals surface area contributed by atoms with Crippen molar-refractivity contribution in [3.05, 3.63) is 29.8 Å². The first kappa shape index (κ1) is 13.9. The summed E-state index contributed by atoms with van der Waals surface area (Å²) in [4.78, 5) is 13.7. The maximum absolute atomic E-state index is 11.3. The van der Waals surface area contributed by atoms with Gasteiger partial charge in [-0.05, 0) is 37.3 Å². The number of rotatable bonds is 4. The number of nitrogens with zero attached hydrogens (tertiary/aromatic N) is 1. The van der Waals surface area contributed by atoms with Gasteiger partial charge in [0.1, 0.15) is 0 Å². The van der Waals surface area contributed by atoms with Gasteiger partial charge in [0.05, 0.1) is 0 Å². The molecule has 0 radical (unpaired) electrons. The van der Waals surface area contributed by atoms with Gasteiger partial charge in [0.15, 0.2) is 0 Å². The highest BCUT2D eigenvalue weighted by Crippen LogP contribution is 2.31. The fourth-order valence-corrected chi connectivity index (χ4v) is 2.82. The summed E-state index contributed by atoms with van der Waals surface area (Å²) in [5.74, 6) is 5.68. The number of hydrazine groups is 1. The van der Waals surface area contributed by atoms with Gasteiger partial charge >= 0.3 is 0 Å². The minimum absolute atomic E-state index is 0.0924. The molecular weight excluding hydrogens is 238 g/mol. The lowest BCUT2D eigenvalue weighted by Gasteiger charge is -2.39. The third-order valence-electron chi connectivity index (χ3n) is 3.86. The Kier molecular flexibility index (Phi) is 4.43. The van der Waals surface area contributed by atoms with Crippen LogP contribution in [0.2, 0.25) is 0 Å². The molecule has 2 atom stereocenters. The van der Waals surface area contributed by atoms with Gasteiger partial charge in [0.2, 0.25) is 5.91 Å². The zero-order valence-corrected chi connectivity index (χ0v) is 11.7. The number of nitrogens with one attached hydrogen (secondary N) is 1. The third-order valence-corrected chi connectivity index (χ3v) is 3.86. The van der Waals surface area contributed by atoms with Gasteiger partial charge in [-0.2, -0.15) is 0 Å². The number of para-hydroxylation sites is 1. The predicted molar refractivity (Wildman–Crippen MR) is 77.7 cm³/mol. The first-order chi connectivity index (χ1) is 9.11. The van der Waals surface area contributed by atoms with E-state index in [-0.39, 0.29) is 5.91 Å². The van der Waals surface area contributed by atoms with E-state index in [2.05, 4.69) is 48.4 Å². The van der Waals surface area contributed by atoms with Gasteiger partial charge in [-0.25, -0.2) is 5.84 Å². The van der Waals surface area contributed by atoms with Crippen molar-refractivity contribution in [3.8, 4) is 0 Å². The molecule has 0 saturated carbocycles. The number of anilines is 1. The summed E-state index contributed by atoms with van der Waals surface area (Å²) in [5.41, 5.74) is 4.93. The van der Waals surface area contributed by atoms with E-state index in [0.29, 0.717) is 18.4 Å². The maximum atomic E-state index is 11.3. The molecule has 1 amide bonds. The van der Waals surface area contributed by atoms with Crippen LogP contribution in [-0.2, 0) is 11.2 Å². The van der Waals surface area contributed by atoms with Crippen molar-refractivity contribution in [2.75, 3.05) is 11.4 Å². The molecule has 0 bridgehead atoms. The number of hydrogen-bond donors (Lipinski definition) is 2. The van der Waals surface area contributed by atoms with E-state index in [1.54, 1.807) is 0 Å². The Morgan fingerprint density at radius 2 is 2.26 bits per heavy atom. The summed E-state index contributed by atoms with van der Waals surface area (Å²) < 4.78 is 0. The van der Waals surface area contributed by atoms with Crippen LogP contribution in [0.1, 0.15) is 32.3 Å². The van der Waals surface area contributed by atoms with Crippen molar-refractivity contribution in [3.63, 3.8) is 0 Å². The molecular formula is C15H23N3O. The highest BCUT2D eigenvalue weighted by Gasteiger charge is 2.25. The molecule has 2 unspecified atom stereocenters. The number of nitrogens with two attached hydrogens (primary N) is 1. The fraction of sp³-hybridized carbons (Fsp3) is 0.533. The van der Waals surface area contributed by atoms with Gasteiger partial charge in [0, 0.05) is 24.7 Å². The molecule has 0 spiro atoms. The van der Waals surface area contributed by atoms with Crippen LogP contribution in [0, 0.1) is 5.92 Å². The first-order valence-electron chi connectivity index (χ1n) is 6.95. The largest absolute Gasteiger partial charge is 0.368 e. The Morgan fingerprint density at radius 1 is 1.53 bits per heavy atom. The van der Waals surface area contributed by atoms with E-state index in [1.807, 2.05) is 0 Å². The molecule has 3 N–H and O–H groups in total. The number of carbonyl (C=O) groups is 1. The average molecular weight is 261 g/mol. The first-order valence-corrected chi connectivity index (χ1v) is 6.95. The van der Waals surface area contributed by atoms with Gasteiger partial charge in [-0.3, -0.25) is 10.2 Å². The van der Waals surface area contributed by atoms with Crippen LogP contribution in [-0.4, -0.2) is 18.5 Å². The topological polar surface area (TPSA) is 58.4 Å². The molecule has 1 aliphatic rings. The molecule has 0 fully saturated rings. The number of amides is 1. The number of hydrogen-bond acceptors (Lipinski definition) is 3. The normalized spacial score (nSPS) is 19.7. The summed E-state index contributed by atoms with van der Waals surface area (Å²) in [6.45, 7) is 5.52. The zero-order valence-electron chi connectivity index (χ0n) is 11.7. The lowest BCUT2D eigenvalue weighted by molar-refractivity contribution is -0.121. The molecule has 1 aromatic rings. The minimum atomic E-state index is -0.0924. The molecule has 104 valence electrons. The molecule has 4 heteroatoms. The predicted octanol–water partition coefficient (Wildman–Crippen LogP) is 1.84. The van der Waals surface area contributed by atoms with Crippen LogP contribution in [0.3, 0.4) is 0 Å². The van der Waals surface area contributed by atoms with Gasteiger partial charge in [-0.1, -0.05) is 25.1 Å². The summed E-state index contributed by atoms with van der Waals surface area (Å²) >= 11 is 0. The Hall–Kier alpha value is -1.55. The zero-order chi connectivity index (χ0) is 13.8. The summed E-state index contributed by atoms with van der Waals surface area (Å²) in [5, 5.41) is 0. The quantitative estimate of drug-likeness (QED) is 0.494. The SMILES string of the molecule is CC1Cc2ccccc2N(C(C)CCC(=O)NN)C1. The van der Waals surface area contributed by atoms with E-state index in [9.17, 15) is 4.79 Å². The van der Waals surface area contributed by atoms with Gasteiger partial charge in [-0.15, -0.1) is 0 Å². The molecule has 0 saturated heterocycles. The molecule has 1 heterocycles. The summed E-state index contributed by atoms with van der Waals surface area (Å²) in [7, 11) is 0. The Morgan fingerprint density at radius 3 is 3.00 bits per heavy atom. The van der Waals surface area contributed by atoms with Crippen molar-refractivity contribution in [1.82, 2.24) is 5.43 Å². The standard InChI is InChI=1S/C15H23N3O/c1-11-9-13-5-3-4-6-14(13)18(10-11)12(2)7-8-15(19)17-16/h3-6,11-12H,7-10,16H2,1-2H3,(H,17,19). The smallest absolute Gasteiger partial charge is 0.233 e. The molecule has 2 rings (SSSR count). The lowest BCUT2D eigenvalue weighted by atomic mass is 9.92. The lowest BCUT2D eigenvalue weighted by Crippen LogP contribution is -2.41. The van der Waals surface area contributed by atoms with E-state index >= 15 is 0 Å². The van der Waals surface area contributed by atoms with Gasteiger partial charge in [0.25, 0.3) is 0 Å². The second kappa shape index (κ2) is 6.06. The van der Waals surface area contributed by atoms with Crippen LogP contribution in [0.25, 0.3) is 0 Å². The Balaban J connectivity index is 2.09. The Bertz CT molecular complexity index is 447. The van der Waals surface area contributed by atoms with Crippen LogP contribution >= 0.6 is 0 Å². The number of carbonyl (C=O) groups excluding carboxylic acids is 1. The number of benzene rings is 1. The fourth-order valence-electron chi connectivity index (χ4n) is 2.82. The second-order valence-corrected chi connectivity index (χ2v) is 5.55. The highest BCUT2D eigenvalue weighted by molar-refractivity contribution is 5.75. The van der Waals surface area contributed by atoms with Crippen molar-refractivity contribution in [2.24, 2.45) is 11.8 Å². The van der Waals surface area contributed by atoms with Crippen molar-refractivity contribution in [1.29, 1.82) is 0 Å². The van der Waals surface area contributed by atoms with Crippen molar-refractivity contribution in [2.45, 2.75) is 39.2 Å². The monoisotopic (exact) mass is 261 g/mol. The third kappa shape index (κ3) is 3.26. The average Bonchev–Trinajstić information content (AvgIpc) is 2.43. The Labute approximate surface area is 114 Å². The van der Waals surface area contributed by atoms with Crippen LogP contribution < -0.4 is 16.2 Å². The molecule has 0 aliphatic carbocycles.